The van der Waals surface area contributed by atoms with E-state index in [0.29, 0.717) is 6.42 Å². The average Bonchev–Trinajstić information content (AvgIpc) is 2.47. The molecule has 4 atom stereocenters. The smallest absolute Gasteiger partial charge is 0.111 e. The van der Waals surface area contributed by atoms with E-state index in [1.807, 2.05) is 42.5 Å². The van der Waals surface area contributed by atoms with Gasteiger partial charge < -0.3 is 20.1 Å². The van der Waals surface area contributed by atoms with Gasteiger partial charge in [-0.2, -0.15) is 0 Å². The van der Waals surface area contributed by atoms with Gasteiger partial charge in [0.05, 0.1) is 12.7 Å². The van der Waals surface area contributed by atoms with Crippen LogP contribution in [0, 0.1) is 0 Å². The van der Waals surface area contributed by atoms with Crippen molar-refractivity contribution in [1.82, 2.24) is 0 Å². The van der Waals surface area contributed by atoms with Crippen molar-refractivity contribution in [3.63, 3.8) is 0 Å². The topological polar surface area (TPSA) is 69.9 Å². The van der Waals surface area contributed by atoms with Crippen molar-refractivity contribution in [2.24, 2.45) is 0 Å². The normalized spacial score (nSPS) is 30.6. The van der Waals surface area contributed by atoms with Crippen molar-refractivity contribution < 1.29 is 20.1 Å². The largest absolute Gasteiger partial charge is 0.388 e. The number of allylic oxidation sites excluding steroid dienone is 1. The van der Waals surface area contributed by atoms with Gasteiger partial charge in [0.25, 0.3) is 0 Å². The highest BCUT2D eigenvalue weighted by atomic mass is 16.5. The summed E-state index contributed by atoms with van der Waals surface area (Å²) in [4.78, 5) is 0. The SMILES string of the molecule is C=C(/C=C/c1ccccc1)CC1OC[C@@H](O)[C@H](O)[C@H]1O. The third-order valence-electron chi connectivity index (χ3n) is 3.38. The van der Waals surface area contributed by atoms with E-state index in [2.05, 4.69) is 6.58 Å². The maximum atomic E-state index is 9.84. The van der Waals surface area contributed by atoms with Crippen LogP contribution in [0.2, 0.25) is 0 Å². The Hall–Kier alpha value is -1.46. The van der Waals surface area contributed by atoms with Gasteiger partial charge in [0.2, 0.25) is 0 Å². The summed E-state index contributed by atoms with van der Waals surface area (Å²) in [6.07, 6.45) is 0.371. The quantitative estimate of drug-likeness (QED) is 0.721. The predicted octanol–water partition coefficient (Wildman–Crippen LogP) is 1.13. The number of hydrogen-bond acceptors (Lipinski definition) is 4. The summed E-state index contributed by atoms with van der Waals surface area (Å²) in [5, 5.41) is 28.8. The minimum atomic E-state index is -1.17. The Balaban J connectivity index is 1.90. The highest BCUT2D eigenvalue weighted by Gasteiger charge is 2.37. The van der Waals surface area contributed by atoms with Gasteiger partial charge in [0.15, 0.2) is 0 Å². The van der Waals surface area contributed by atoms with Crippen molar-refractivity contribution >= 4 is 6.08 Å². The molecule has 0 saturated carbocycles. The molecule has 1 fully saturated rings. The van der Waals surface area contributed by atoms with Crippen LogP contribution >= 0.6 is 0 Å². The van der Waals surface area contributed by atoms with Crippen molar-refractivity contribution in [2.75, 3.05) is 6.61 Å². The molecule has 1 aliphatic heterocycles. The molecule has 0 amide bonds. The molecule has 4 nitrogen and oxygen atoms in total. The van der Waals surface area contributed by atoms with Crippen LogP contribution in [0.15, 0.2) is 48.6 Å². The molecule has 1 heterocycles. The van der Waals surface area contributed by atoms with Gasteiger partial charge in [-0.05, 0) is 5.56 Å². The second-order valence-corrected chi connectivity index (χ2v) is 5.03. The van der Waals surface area contributed by atoms with Gasteiger partial charge in [-0.25, -0.2) is 0 Å². The van der Waals surface area contributed by atoms with Crippen LogP contribution in [-0.2, 0) is 4.74 Å². The molecule has 2 rings (SSSR count). The molecule has 108 valence electrons. The lowest BCUT2D eigenvalue weighted by Crippen LogP contribution is -2.52. The van der Waals surface area contributed by atoms with E-state index < -0.39 is 24.4 Å². The van der Waals surface area contributed by atoms with E-state index >= 15 is 0 Å². The number of aliphatic hydroxyl groups is 3. The predicted molar refractivity (Wildman–Crippen MR) is 77.0 cm³/mol. The van der Waals surface area contributed by atoms with E-state index in [4.69, 9.17) is 4.74 Å². The van der Waals surface area contributed by atoms with Crippen LogP contribution in [0.25, 0.3) is 6.08 Å². The van der Waals surface area contributed by atoms with Gasteiger partial charge in [0, 0.05) is 6.42 Å². The standard InChI is InChI=1S/C16H20O4/c1-11(7-8-12-5-3-2-4-6-12)9-14-16(19)15(18)13(17)10-20-14/h2-8,13-19H,1,9-10H2/b8-7+/t13-,14?,15+,16+/m1/s1. The maximum absolute atomic E-state index is 9.84. The molecule has 1 saturated heterocycles. The Morgan fingerprint density at radius 3 is 2.60 bits per heavy atom. The second-order valence-electron chi connectivity index (χ2n) is 5.03. The number of hydrogen-bond donors (Lipinski definition) is 3. The molecule has 4 heteroatoms. The highest BCUT2D eigenvalue weighted by molar-refractivity contribution is 5.52. The van der Waals surface area contributed by atoms with Gasteiger partial charge in [-0.15, -0.1) is 0 Å². The molecule has 1 unspecified atom stereocenters. The molecular formula is C16H20O4. The van der Waals surface area contributed by atoms with Crippen LogP contribution in [0.3, 0.4) is 0 Å². The van der Waals surface area contributed by atoms with Crippen molar-refractivity contribution in [1.29, 1.82) is 0 Å². The Bertz CT molecular complexity index is 469. The molecule has 20 heavy (non-hydrogen) atoms. The van der Waals surface area contributed by atoms with Crippen molar-refractivity contribution in [2.45, 2.75) is 30.8 Å². The summed E-state index contributed by atoms with van der Waals surface area (Å²) in [6.45, 7) is 3.95. The minimum Gasteiger partial charge on any atom is -0.388 e. The van der Waals surface area contributed by atoms with E-state index in [0.717, 1.165) is 11.1 Å². The Morgan fingerprint density at radius 1 is 1.20 bits per heavy atom. The molecule has 3 N–H and O–H groups in total. The van der Waals surface area contributed by atoms with E-state index in [9.17, 15) is 15.3 Å². The molecule has 0 aromatic heterocycles. The first-order valence-corrected chi connectivity index (χ1v) is 6.64. The first kappa shape index (κ1) is 14.9. The van der Waals surface area contributed by atoms with Gasteiger partial charge >= 0.3 is 0 Å². The fourth-order valence-electron chi connectivity index (χ4n) is 2.15. The lowest BCUT2D eigenvalue weighted by atomic mass is 9.95. The number of rotatable bonds is 4. The average molecular weight is 276 g/mol. The third-order valence-corrected chi connectivity index (χ3v) is 3.38. The van der Waals surface area contributed by atoms with Crippen LogP contribution in [-0.4, -0.2) is 46.3 Å². The fourth-order valence-corrected chi connectivity index (χ4v) is 2.15. The zero-order valence-corrected chi connectivity index (χ0v) is 11.2. The Morgan fingerprint density at radius 2 is 1.90 bits per heavy atom. The summed E-state index contributed by atoms with van der Waals surface area (Å²) in [5.74, 6) is 0. The highest BCUT2D eigenvalue weighted by Crippen LogP contribution is 2.21. The van der Waals surface area contributed by atoms with Crippen molar-refractivity contribution in [3.8, 4) is 0 Å². The van der Waals surface area contributed by atoms with Crippen molar-refractivity contribution in [3.05, 3.63) is 54.1 Å². The maximum Gasteiger partial charge on any atom is 0.111 e. The Kier molecular flexibility index (Phi) is 5.09. The summed E-state index contributed by atoms with van der Waals surface area (Å²) in [7, 11) is 0. The second kappa shape index (κ2) is 6.81. The number of aliphatic hydroxyl groups excluding tert-OH is 3. The lowest BCUT2D eigenvalue weighted by Gasteiger charge is -2.35. The summed E-state index contributed by atoms with van der Waals surface area (Å²) >= 11 is 0. The van der Waals surface area contributed by atoms with Gasteiger partial charge in [-0.1, -0.05) is 54.6 Å². The molecule has 0 bridgehead atoms. The lowest BCUT2D eigenvalue weighted by molar-refractivity contribution is -0.185. The fraction of sp³-hybridized carbons (Fsp3) is 0.375. The third kappa shape index (κ3) is 3.77. The van der Waals surface area contributed by atoms with Gasteiger partial charge in [0.1, 0.15) is 18.3 Å². The molecular weight excluding hydrogens is 256 g/mol. The first-order valence-electron chi connectivity index (χ1n) is 6.64. The van der Waals surface area contributed by atoms with Crippen LogP contribution in [0.5, 0.6) is 0 Å². The molecule has 0 aliphatic carbocycles. The molecule has 1 aromatic rings. The van der Waals surface area contributed by atoms with E-state index in [-0.39, 0.29) is 6.61 Å². The van der Waals surface area contributed by atoms with E-state index in [1.54, 1.807) is 0 Å². The van der Waals surface area contributed by atoms with Crippen LogP contribution in [0.1, 0.15) is 12.0 Å². The van der Waals surface area contributed by atoms with E-state index in [1.165, 1.54) is 0 Å². The zero-order valence-electron chi connectivity index (χ0n) is 11.2. The van der Waals surface area contributed by atoms with Crippen LogP contribution < -0.4 is 0 Å². The summed E-state index contributed by atoms with van der Waals surface area (Å²) < 4.78 is 5.34. The molecule has 1 aromatic carbocycles. The van der Waals surface area contributed by atoms with Crippen LogP contribution in [0.4, 0.5) is 0 Å². The summed E-state index contributed by atoms with van der Waals surface area (Å²) in [5.41, 5.74) is 1.86. The number of ether oxygens (including phenoxy) is 1. The number of benzene rings is 1. The Labute approximate surface area is 118 Å². The minimum absolute atomic E-state index is 0.0264. The molecule has 0 spiro atoms. The molecule has 1 aliphatic rings. The van der Waals surface area contributed by atoms with Gasteiger partial charge in [-0.3, -0.25) is 0 Å². The first-order chi connectivity index (χ1) is 9.58. The molecule has 0 radical (unpaired) electrons. The summed E-state index contributed by atoms with van der Waals surface area (Å²) in [6, 6.07) is 9.82. The zero-order chi connectivity index (χ0) is 14.5. The monoisotopic (exact) mass is 276 g/mol.